The second kappa shape index (κ2) is 11.8. The molecule has 0 spiro atoms. The molecule has 0 saturated carbocycles. The molecule has 0 bridgehead atoms. The maximum Gasteiger partial charge on any atom is 0.193 e. The summed E-state index contributed by atoms with van der Waals surface area (Å²) in [4.78, 5) is 9.55. The highest BCUT2D eigenvalue weighted by Gasteiger charge is 2.18. The molecule has 1 aliphatic heterocycles. The summed E-state index contributed by atoms with van der Waals surface area (Å²) in [5.74, 6) is 2.02. The summed E-state index contributed by atoms with van der Waals surface area (Å²) in [7, 11) is 4.30. The molecule has 0 aliphatic carbocycles. The molecule has 1 heterocycles. The van der Waals surface area contributed by atoms with Gasteiger partial charge < -0.3 is 15.1 Å². The molecule has 0 atom stereocenters. The highest BCUT2D eigenvalue weighted by molar-refractivity contribution is 5.80. The lowest BCUT2D eigenvalue weighted by Gasteiger charge is -2.33. The molecule has 1 N–H and O–H groups in total. The Morgan fingerprint density at radius 1 is 1.09 bits per heavy atom. The topological polar surface area (TPSA) is 30.9 Å². The van der Waals surface area contributed by atoms with Crippen molar-refractivity contribution >= 4 is 5.96 Å². The Hall–Kier alpha value is -0.770. The summed E-state index contributed by atoms with van der Waals surface area (Å²) in [6, 6.07) is 0. The molecule has 0 unspecified atom stereocenters. The molecule has 4 heteroatoms. The fourth-order valence-corrected chi connectivity index (χ4v) is 2.90. The van der Waals surface area contributed by atoms with Crippen LogP contribution in [0.25, 0.3) is 0 Å². The number of rotatable bonds is 9. The van der Waals surface area contributed by atoms with E-state index in [1.165, 1.54) is 51.5 Å². The van der Waals surface area contributed by atoms with Crippen LogP contribution in [0, 0.1) is 5.92 Å². The number of nitrogens with one attached hydrogen (secondary N) is 1. The van der Waals surface area contributed by atoms with Crippen LogP contribution in [0.15, 0.2) is 4.99 Å². The van der Waals surface area contributed by atoms with E-state index in [-0.39, 0.29) is 0 Å². The van der Waals surface area contributed by atoms with Gasteiger partial charge in [0.1, 0.15) is 0 Å². The van der Waals surface area contributed by atoms with Crippen LogP contribution in [0.2, 0.25) is 0 Å². The molecule has 0 aromatic rings. The first-order valence-corrected chi connectivity index (χ1v) is 9.31. The average Bonchev–Trinajstić information content (AvgIpc) is 2.49. The van der Waals surface area contributed by atoms with Gasteiger partial charge in [0.05, 0.1) is 0 Å². The van der Waals surface area contributed by atoms with Crippen LogP contribution < -0.4 is 5.32 Å². The zero-order valence-corrected chi connectivity index (χ0v) is 15.4. The van der Waals surface area contributed by atoms with E-state index in [1.54, 1.807) is 0 Å². The number of hydrogen-bond donors (Lipinski definition) is 1. The molecule has 1 saturated heterocycles. The van der Waals surface area contributed by atoms with Crippen molar-refractivity contribution in [1.29, 1.82) is 0 Å². The highest BCUT2D eigenvalue weighted by atomic mass is 15.3. The van der Waals surface area contributed by atoms with Crippen molar-refractivity contribution in [1.82, 2.24) is 15.1 Å². The fourth-order valence-electron chi connectivity index (χ4n) is 2.90. The van der Waals surface area contributed by atoms with Gasteiger partial charge >= 0.3 is 0 Å². The van der Waals surface area contributed by atoms with Crippen LogP contribution in [0.3, 0.4) is 0 Å². The first kappa shape index (κ1) is 19.3. The molecule has 1 fully saturated rings. The van der Waals surface area contributed by atoms with E-state index in [1.807, 2.05) is 0 Å². The van der Waals surface area contributed by atoms with Gasteiger partial charge in [-0.25, -0.2) is 0 Å². The van der Waals surface area contributed by atoms with E-state index in [0.29, 0.717) is 0 Å². The normalized spacial score (nSPS) is 17.3. The maximum absolute atomic E-state index is 4.83. The van der Waals surface area contributed by atoms with Gasteiger partial charge in [0, 0.05) is 26.2 Å². The molecule has 0 aromatic carbocycles. The molecule has 0 radical (unpaired) electrons. The number of guanidine groups is 1. The Morgan fingerprint density at radius 2 is 1.73 bits per heavy atom. The smallest absolute Gasteiger partial charge is 0.193 e. The zero-order valence-electron chi connectivity index (χ0n) is 15.4. The SMILES string of the molecule is CCNC(=NCCCCCCCN(C)C)N1CCC(C)CC1. The zero-order chi connectivity index (χ0) is 16.2. The van der Waals surface area contributed by atoms with Crippen LogP contribution in [-0.2, 0) is 0 Å². The largest absolute Gasteiger partial charge is 0.357 e. The lowest BCUT2D eigenvalue weighted by Crippen LogP contribution is -2.45. The quantitative estimate of drug-likeness (QED) is 0.403. The van der Waals surface area contributed by atoms with Crippen LogP contribution in [0.5, 0.6) is 0 Å². The molecule has 22 heavy (non-hydrogen) atoms. The summed E-state index contributed by atoms with van der Waals surface area (Å²) >= 11 is 0. The van der Waals surface area contributed by atoms with Gasteiger partial charge in [-0.15, -0.1) is 0 Å². The van der Waals surface area contributed by atoms with Crippen molar-refractivity contribution in [3.63, 3.8) is 0 Å². The van der Waals surface area contributed by atoms with E-state index >= 15 is 0 Å². The van der Waals surface area contributed by atoms with Crippen LogP contribution in [0.4, 0.5) is 0 Å². The molecular formula is C18H38N4. The van der Waals surface area contributed by atoms with Crippen molar-refractivity contribution in [3.8, 4) is 0 Å². The maximum atomic E-state index is 4.83. The van der Waals surface area contributed by atoms with Crippen LogP contribution in [-0.4, -0.2) is 62.6 Å². The van der Waals surface area contributed by atoms with E-state index < -0.39 is 0 Å². The van der Waals surface area contributed by atoms with Crippen molar-refractivity contribution in [2.24, 2.45) is 10.9 Å². The molecule has 130 valence electrons. The van der Waals surface area contributed by atoms with Crippen molar-refractivity contribution < 1.29 is 0 Å². The monoisotopic (exact) mass is 310 g/mol. The molecule has 0 amide bonds. The summed E-state index contributed by atoms with van der Waals surface area (Å²) in [5, 5.41) is 3.46. The Morgan fingerprint density at radius 3 is 2.36 bits per heavy atom. The number of unbranched alkanes of at least 4 members (excludes halogenated alkanes) is 4. The summed E-state index contributed by atoms with van der Waals surface area (Å²) < 4.78 is 0. The Kier molecular flexibility index (Phi) is 10.3. The third kappa shape index (κ3) is 8.62. The fraction of sp³-hybridized carbons (Fsp3) is 0.944. The van der Waals surface area contributed by atoms with Gasteiger partial charge in [-0.1, -0.05) is 26.2 Å². The minimum Gasteiger partial charge on any atom is -0.357 e. The Labute approximate surface area is 138 Å². The Balaban J connectivity index is 2.17. The third-order valence-electron chi connectivity index (χ3n) is 4.44. The average molecular weight is 311 g/mol. The minimum atomic E-state index is 0.876. The summed E-state index contributed by atoms with van der Waals surface area (Å²) in [5.41, 5.74) is 0. The molecule has 0 aromatic heterocycles. The molecule has 1 rings (SSSR count). The van der Waals surface area contributed by atoms with Gasteiger partial charge in [0.25, 0.3) is 0 Å². The molecule has 4 nitrogen and oxygen atoms in total. The first-order chi connectivity index (χ1) is 10.6. The number of nitrogens with zero attached hydrogens (tertiary/aromatic N) is 3. The van der Waals surface area contributed by atoms with Crippen LogP contribution >= 0.6 is 0 Å². The lowest BCUT2D eigenvalue weighted by atomic mass is 10.00. The molecule has 1 aliphatic rings. The Bertz CT molecular complexity index is 293. The van der Waals surface area contributed by atoms with Gasteiger partial charge in [0.15, 0.2) is 5.96 Å². The van der Waals surface area contributed by atoms with Crippen molar-refractivity contribution in [2.45, 2.75) is 58.8 Å². The van der Waals surface area contributed by atoms with Crippen molar-refractivity contribution in [2.75, 3.05) is 46.8 Å². The van der Waals surface area contributed by atoms with E-state index in [9.17, 15) is 0 Å². The summed E-state index contributed by atoms with van der Waals surface area (Å²) in [6.07, 6.45) is 9.17. The second-order valence-electron chi connectivity index (χ2n) is 6.98. The van der Waals surface area contributed by atoms with Gasteiger partial charge in [0.2, 0.25) is 0 Å². The number of piperidine rings is 1. The van der Waals surface area contributed by atoms with Gasteiger partial charge in [-0.3, -0.25) is 4.99 Å². The minimum absolute atomic E-state index is 0.876. The van der Waals surface area contributed by atoms with Gasteiger partial charge in [-0.2, -0.15) is 0 Å². The third-order valence-corrected chi connectivity index (χ3v) is 4.44. The predicted molar refractivity (Wildman–Crippen MR) is 97.6 cm³/mol. The lowest BCUT2D eigenvalue weighted by molar-refractivity contribution is 0.273. The van der Waals surface area contributed by atoms with E-state index in [0.717, 1.165) is 38.1 Å². The number of aliphatic imine (C=N–C) groups is 1. The van der Waals surface area contributed by atoms with E-state index in [2.05, 4.69) is 43.1 Å². The summed E-state index contributed by atoms with van der Waals surface area (Å²) in [6.45, 7) is 10.0. The molecular weight excluding hydrogens is 272 g/mol. The number of hydrogen-bond acceptors (Lipinski definition) is 2. The number of likely N-dealkylation sites (tertiary alicyclic amines) is 1. The van der Waals surface area contributed by atoms with Crippen molar-refractivity contribution in [3.05, 3.63) is 0 Å². The highest BCUT2D eigenvalue weighted by Crippen LogP contribution is 2.16. The van der Waals surface area contributed by atoms with Gasteiger partial charge in [-0.05, 0) is 59.2 Å². The van der Waals surface area contributed by atoms with E-state index in [4.69, 9.17) is 4.99 Å². The predicted octanol–water partition coefficient (Wildman–Crippen LogP) is 3.20. The first-order valence-electron chi connectivity index (χ1n) is 9.31. The van der Waals surface area contributed by atoms with Crippen LogP contribution in [0.1, 0.15) is 58.8 Å². The second-order valence-corrected chi connectivity index (χ2v) is 6.98. The standard InChI is InChI=1S/C18H38N4/c1-5-19-18(22-15-11-17(2)12-16-22)20-13-9-7-6-8-10-14-21(3)4/h17H,5-16H2,1-4H3,(H,19,20).